The number of pyridine rings is 2. The van der Waals surface area contributed by atoms with Crippen molar-refractivity contribution in [3.63, 3.8) is 0 Å². The highest BCUT2D eigenvalue weighted by atomic mass is 35.5. The van der Waals surface area contributed by atoms with Gasteiger partial charge in [0.1, 0.15) is 0 Å². The van der Waals surface area contributed by atoms with Crippen LogP contribution in [0.1, 0.15) is 0 Å². The number of fused-ring (bicyclic) bond motifs is 3. The molecular weight excluding hydrogens is 243 g/mol. The highest BCUT2D eigenvalue weighted by molar-refractivity contribution is 6.42. The van der Waals surface area contributed by atoms with E-state index < -0.39 is 0 Å². The molecule has 16 heavy (non-hydrogen) atoms. The molecule has 0 spiro atoms. The van der Waals surface area contributed by atoms with Gasteiger partial charge in [-0.2, -0.15) is 0 Å². The van der Waals surface area contributed by atoms with Crippen LogP contribution in [0.3, 0.4) is 0 Å². The quantitative estimate of drug-likeness (QED) is 0.561. The number of hydrogen-bond donors (Lipinski definition) is 0. The number of rotatable bonds is 0. The van der Waals surface area contributed by atoms with Crippen molar-refractivity contribution in [1.29, 1.82) is 0 Å². The van der Waals surface area contributed by atoms with Gasteiger partial charge in [-0.3, -0.25) is 9.97 Å². The minimum Gasteiger partial charge on any atom is -0.256 e. The Hall–Kier alpha value is -1.38. The van der Waals surface area contributed by atoms with Crippen LogP contribution in [0.25, 0.3) is 21.8 Å². The van der Waals surface area contributed by atoms with Gasteiger partial charge in [0.05, 0.1) is 21.1 Å². The van der Waals surface area contributed by atoms with E-state index in [0.29, 0.717) is 10.0 Å². The van der Waals surface area contributed by atoms with Gasteiger partial charge in [0.2, 0.25) is 0 Å². The van der Waals surface area contributed by atoms with E-state index in [4.69, 9.17) is 23.2 Å². The average Bonchev–Trinajstić information content (AvgIpc) is 2.29. The third kappa shape index (κ3) is 1.34. The van der Waals surface area contributed by atoms with Crippen molar-refractivity contribution in [3.8, 4) is 0 Å². The fourth-order valence-electron chi connectivity index (χ4n) is 1.81. The molecule has 0 atom stereocenters. The van der Waals surface area contributed by atoms with E-state index >= 15 is 0 Å². The zero-order valence-corrected chi connectivity index (χ0v) is 9.63. The molecule has 0 unspecified atom stereocenters. The van der Waals surface area contributed by atoms with Crippen LogP contribution >= 0.6 is 23.2 Å². The second-order valence-electron chi connectivity index (χ2n) is 3.44. The van der Waals surface area contributed by atoms with Gasteiger partial charge in [-0.15, -0.1) is 0 Å². The predicted molar refractivity (Wildman–Crippen MR) is 67.1 cm³/mol. The molecule has 2 aromatic heterocycles. The van der Waals surface area contributed by atoms with Crippen LogP contribution in [0.4, 0.5) is 0 Å². The lowest BCUT2D eigenvalue weighted by atomic mass is 10.1. The van der Waals surface area contributed by atoms with Gasteiger partial charge in [-0.05, 0) is 24.3 Å². The maximum atomic E-state index is 6.18. The first-order valence-corrected chi connectivity index (χ1v) is 5.50. The molecule has 0 radical (unpaired) electrons. The molecule has 0 aliphatic heterocycles. The normalized spacial score (nSPS) is 11.1. The van der Waals surface area contributed by atoms with Crippen molar-refractivity contribution >= 4 is 45.0 Å². The van der Waals surface area contributed by atoms with E-state index in [0.717, 1.165) is 21.8 Å². The summed E-state index contributed by atoms with van der Waals surface area (Å²) in [5.41, 5.74) is 1.66. The summed E-state index contributed by atoms with van der Waals surface area (Å²) in [5, 5.41) is 3.01. The standard InChI is InChI=1S/C12H6Cl2N2/c13-7-3-5-15-9-1-2-10-12(11(7)9)8(14)4-6-16-10/h1-6H. The largest absolute Gasteiger partial charge is 0.256 e. The second-order valence-corrected chi connectivity index (χ2v) is 4.25. The molecular formula is C12H6Cl2N2. The fourth-order valence-corrected chi connectivity index (χ4v) is 2.31. The van der Waals surface area contributed by atoms with E-state index in [1.807, 2.05) is 12.1 Å². The molecule has 0 bridgehead atoms. The number of halogens is 2. The van der Waals surface area contributed by atoms with Crippen LogP contribution in [-0.2, 0) is 0 Å². The lowest BCUT2D eigenvalue weighted by molar-refractivity contribution is 1.39. The molecule has 3 aromatic rings. The first-order chi connectivity index (χ1) is 7.77. The summed E-state index contributed by atoms with van der Waals surface area (Å²) in [6.07, 6.45) is 3.36. The smallest absolute Gasteiger partial charge is 0.0725 e. The van der Waals surface area contributed by atoms with Crippen molar-refractivity contribution < 1.29 is 0 Å². The molecule has 0 saturated carbocycles. The lowest BCUT2D eigenvalue weighted by Gasteiger charge is -2.05. The molecule has 2 heterocycles. The summed E-state index contributed by atoms with van der Waals surface area (Å²) < 4.78 is 0. The average molecular weight is 249 g/mol. The Morgan fingerprint density at radius 2 is 1.12 bits per heavy atom. The van der Waals surface area contributed by atoms with E-state index in [2.05, 4.69) is 9.97 Å². The van der Waals surface area contributed by atoms with Crippen LogP contribution in [0.5, 0.6) is 0 Å². The highest BCUT2D eigenvalue weighted by Gasteiger charge is 2.08. The highest BCUT2D eigenvalue weighted by Crippen LogP contribution is 2.33. The first kappa shape index (κ1) is 9.82. The monoisotopic (exact) mass is 248 g/mol. The van der Waals surface area contributed by atoms with Gasteiger partial charge in [0, 0.05) is 23.2 Å². The van der Waals surface area contributed by atoms with E-state index in [1.165, 1.54) is 0 Å². The first-order valence-electron chi connectivity index (χ1n) is 4.75. The Bertz CT molecular complexity index is 634. The van der Waals surface area contributed by atoms with Crippen molar-refractivity contribution in [1.82, 2.24) is 9.97 Å². The summed E-state index contributed by atoms with van der Waals surface area (Å²) in [7, 11) is 0. The maximum absolute atomic E-state index is 6.18. The Kier molecular flexibility index (Phi) is 2.20. The van der Waals surface area contributed by atoms with Gasteiger partial charge in [0.15, 0.2) is 0 Å². The molecule has 0 amide bonds. The summed E-state index contributed by atoms with van der Waals surface area (Å²) in [4.78, 5) is 8.52. The van der Waals surface area contributed by atoms with Crippen LogP contribution in [0.2, 0.25) is 10.0 Å². The minimum atomic E-state index is 0.644. The Morgan fingerprint density at radius 3 is 1.56 bits per heavy atom. The van der Waals surface area contributed by atoms with Gasteiger partial charge >= 0.3 is 0 Å². The molecule has 0 saturated heterocycles. The molecule has 0 N–H and O–H groups in total. The van der Waals surface area contributed by atoms with Gasteiger partial charge in [-0.25, -0.2) is 0 Å². The van der Waals surface area contributed by atoms with E-state index in [-0.39, 0.29) is 0 Å². The third-order valence-corrected chi connectivity index (χ3v) is 3.14. The summed E-state index contributed by atoms with van der Waals surface area (Å²) in [6, 6.07) is 7.30. The molecule has 0 fully saturated rings. The van der Waals surface area contributed by atoms with Crippen molar-refractivity contribution in [3.05, 3.63) is 46.7 Å². The van der Waals surface area contributed by atoms with Crippen molar-refractivity contribution in [2.75, 3.05) is 0 Å². The van der Waals surface area contributed by atoms with E-state index in [1.54, 1.807) is 24.5 Å². The summed E-state index contributed by atoms with van der Waals surface area (Å²) in [5.74, 6) is 0. The Labute approximate surface area is 102 Å². The van der Waals surface area contributed by atoms with E-state index in [9.17, 15) is 0 Å². The minimum absolute atomic E-state index is 0.644. The predicted octanol–water partition coefficient (Wildman–Crippen LogP) is 4.09. The fraction of sp³-hybridized carbons (Fsp3) is 0. The van der Waals surface area contributed by atoms with Crippen LogP contribution in [-0.4, -0.2) is 9.97 Å². The summed E-state index contributed by atoms with van der Waals surface area (Å²) in [6.45, 7) is 0. The van der Waals surface area contributed by atoms with Gasteiger partial charge < -0.3 is 0 Å². The molecule has 2 nitrogen and oxygen atoms in total. The number of aromatic nitrogens is 2. The number of nitrogens with zero attached hydrogens (tertiary/aromatic N) is 2. The Morgan fingerprint density at radius 1 is 0.688 bits per heavy atom. The lowest BCUT2D eigenvalue weighted by Crippen LogP contribution is -1.85. The van der Waals surface area contributed by atoms with Gasteiger partial charge in [0.25, 0.3) is 0 Å². The van der Waals surface area contributed by atoms with Crippen LogP contribution in [0.15, 0.2) is 36.7 Å². The van der Waals surface area contributed by atoms with Crippen LogP contribution in [0, 0.1) is 0 Å². The molecule has 1 aromatic carbocycles. The maximum Gasteiger partial charge on any atom is 0.0725 e. The zero-order valence-electron chi connectivity index (χ0n) is 8.11. The third-order valence-electron chi connectivity index (χ3n) is 2.51. The second kappa shape index (κ2) is 3.58. The number of hydrogen-bond acceptors (Lipinski definition) is 2. The number of benzene rings is 1. The van der Waals surface area contributed by atoms with Gasteiger partial charge in [-0.1, -0.05) is 23.2 Å². The molecule has 78 valence electrons. The van der Waals surface area contributed by atoms with Crippen molar-refractivity contribution in [2.45, 2.75) is 0 Å². The topological polar surface area (TPSA) is 25.8 Å². The van der Waals surface area contributed by atoms with Crippen molar-refractivity contribution in [2.24, 2.45) is 0 Å². The molecule has 3 rings (SSSR count). The van der Waals surface area contributed by atoms with Crippen LogP contribution < -0.4 is 0 Å². The zero-order chi connectivity index (χ0) is 11.1. The molecule has 4 heteroatoms. The molecule has 0 aliphatic rings. The SMILES string of the molecule is Clc1ccnc2ccc3nccc(Cl)c3c12. The summed E-state index contributed by atoms with van der Waals surface area (Å²) >= 11 is 12.4. The Balaban J connectivity index is 2.67. The molecule has 0 aliphatic carbocycles.